The van der Waals surface area contributed by atoms with Gasteiger partial charge in [-0.3, -0.25) is 9.69 Å². The lowest BCUT2D eigenvalue weighted by atomic mass is 9.93. The van der Waals surface area contributed by atoms with Gasteiger partial charge in [0.1, 0.15) is 6.61 Å². The Bertz CT molecular complexity index is 890. The number of aliphatic hydroxyl groups excluding tert-OH is 1. The van der Waals surface area contributed by atoms with Crippen LogP contribution in [0, 0.1) is 5.92 Å². The first-order valence-corrected chi connectivity index (χ1v) is 10.7. The smallest absolute Gasteiger partial charge is 0.257 e. The molecular formula is C23H27N3O4. The molecule has 0 radical (unpaired) electrons. The number of hydrogen-bond donors (Lipinski definition) is 1. The van der Waals surface area contributed by atoms with Crippen LogP contribution >= 0.6 is 0 Å². The van der Waals surface area contributed by atoms with E-state index in [1.54, 1.807) is 11.1 Å². The van der Waals surface area contributed by atoms with Crippen molar-refractivity contribution < 1.29 is 19.4 Å². The molecule has 3 aliphatic heterocycles. The van der Waals surface area contributed by atoms with Gasteiger partial charge in [0.15, 0.2) is 11.9 Å². The molecule has 3 aliphatic rings. The second-order valence-electron chi connectivity index (χ2n) is 8.41. The summed E-state index contributed by atoms with van der Waals surface area (Å²) < 4.78 is 11.7. The molecule has 5 rings (SSSR count). The standard InChI is InChI=1S/C23H27N3O4/c27-19-13-26(14-19)23(28)18-7-10-25(11-8-18)12-16-3-5-17(6-4-16)21-15-29-20-2-1-9-24-22(20)30-21/h1-6,9,18-19,21,27H,7-8,10-15H2. The van der Waals surface area contributed by atoms with E-state index in [-0.39, 0.29) is 24.0 Å². The highest BCUT2D eigenvalue weighted by atomic mass is 16.6. The number of pyridine rings is 1. The zero-order valence-corrected chi connectivity index (χ0v) is 16.9. The molecule has 1 aromatic carbocycles. The molecule has 0 bridgehead atoms. The number of carbonyl (C=O) groups excluding carboxylic acids is 1. The zero-order valence-electron chi connectivity index (χ0n) is 16.9. The van der Waals surface area contributed by atoms with Crippen LogP contribution in [0.3, 0.4) is 0 Å². The number of β-amino-alcohol motifs (C(OH)–C–C–N with tert-alkyl or cyclic N) is 1. The van der Waals surface area contributed by atoms with Crippen LogP contribution in [0.1, 0.15) is 30.1 Å². The van der Waals surface area contributed by atoms with E-state index in [1.807, 2.05) is 12.1 Å². The zero-order chi connectivity index (χ0) is 20.5. The molecule has 0 spiro atoms. The van der Waals surface area contributed by atoms with Gasteiger partial charge in [-0.05, 0) is 49.2 Å². The van der Waals surface area contributed by atoms with Crippen LogP contribution in [0.4, 0.5) is 0 Å². The molecule has 1 atom stereocenters. The molecule has 0 saturated carbocycles. The van der Waals surface area contributed by atoms with Crippen molar-refractivity contribution in [1.82, 2.24) is 14.8 Å². The highest BCUT2D eigenvalue weighted by molar-refractivity contribution is 5.79. The summed E-state index contributed by atoms with van der Waals surface area (Å²) in [5.74, 6) is 1.56. The Morgan fingerprint density at radius 3 is 2.63 bits per heavy atom. The molecule has 1 unspecified atom stereocenters. The van der Waals surface area contributed by atoms with Gasteiger partial charge in [-0.1, -0.05) is 24.3 Å². The predicted octanol–water partition coefficient (Wildman–Crippen LogP) is 2.01. The number of hydrogen-bond acceptors (Lipinski definition) is 6. The van der Waals surface area contributed by atoms with Gasteiger partial charge in [0.2, 0.25) is 5.91 Å². The van der Waals surface area contributed by atoms with Gasteiger partial charge >= 0.3 is 0 Å². The highest BCUT2D eigenvalue weighted by Crippen LogP contribution is 2.34. The maximum atomic E-state index is 12.4. The first-order valence-electron chi connectivity index (χ1n) is 10.7. The van der Waals surface area contributed by atoms with Crippen molar-refractivity contribution in [2.75, 3.05) is 32.8 Å². The molecule has 1 amide bonds. The van der Waals surface area contributed by atoms with E-state index in [9.17, 15) is 9.90 Å². The Kier molecular flexibility index (Phi) is 5.31. The SMILES string of the molecule is O=C(C1CCN(Cc2ccc(C3COc4cccnc4O3)cc2)CC1)N1CC(O)C1. The number of ether oxygens (including phenoxy) is 2. The monoisotopic (exact) mass is 409 g/mol. The summed E-state index contributed by atoms with van der Waals surface area (Å²) >= 11 is 0. The minimum absolute atomic E-state index is 0.107. The normalized spacial score (nSPS) is 22.6. The Hall–Kier alpha value is -2.64. The van der Waals surface area contributed by atoms with E-state index in [2.05, 4.69) is 34.1 Å². The summed E-state index contributed by atoms with van der Waals surface area (Å²) in [5.41, 5.74) is 2.33. The van der Waals surface area contributed by atoms with Crippen LogP contribution in [-0.2, 0) is 11.3 Å². The summed E-state index contributed by atoms with van der Waals surface area (Å²) in [6.45, 7) is 4.22. The first kappa shape index (κ1) is 19.3. The molecule has 158 valence electrons. The number of carbonyl (C=O) groups is 1. The third-order valence-corrected chi connectivity index (χ3v) is 6.25. The Labute approximate surface area is 176 Å². The summed E-state index contributed by atoms with van der Waals surface area (Å²) in [4.78, 5) is 20.9. The fourth-order valence-corrected chi connectivity index (χ4v) is 4.40. The van der Waals surface area contributed by atoms with E-state index in [1.165, 1.54) is 5.56 Å². The van der Waals surface area contributed by atoms with Gasteiger partial charge in [0.25, 0.3) is 5.88 Å². The second kappa shape index (κ2) is 8.24. The minimum Gasteiger partial charge on any atom is -0.484 e. The molecule has 4 heterocycles. The van der Waals surface area contributed by atoms with Crippen molar-refractivity contribution in [2.45, 2.75) is 31.6 Å². The van der Waals surface area contributed by atoms with E-state index in [4.69, 9.17) is 9.47 Å². The fraction of sp³-hybridized carbons (Fsp3) is 0.478. The molecule has 1 N–H and O–H groups in total. The van der Waals surface area contributed by atoms with Crippen LogP contribution in [0.2, 0.25) is 0 Å². The number of aliphatic hydroxyl groups is 1. The number of benzene rings is 1. The number of nitrogens with zero attached hydrogens (tertiary/aromatic N) is 3. The third-order valence-electron chi connectivity index (χ3n) is 6.25. The van der Waals surface area contributed by atoms with E-state index < -0.39 is 0 Å². The minimum atomic E-state index is -0.325. The van der Waals surface area contributed by atoms with E-state index in [0.717, 1.165) is 38.0 Å². The first-order chi connectivity index (χ1) is 14.7. The van der Waals surface area contributed by atoms with Gasteiger partial charge in [-0.25, -0.2) is 4.98 Å². The van der Waals surface area contributed by atoms with Crippen molar-refractivity contribution >= 4 is 5.91 Å². The van der Waals surface area contributed by atoms with Gasteiger partial charge in [0.05, 0.1) is 6.10 Å². The van der Waals surface area contributed by atoms with Crippen molar-refractivity contribution in [1.29, 1.82) is 0 Å². The molecule has 7 nitrogen and oxygen atoms in total. The molecular weight excluding hydrogens is 382 g/mol. The molecule has 7 heteroatoms. The van der Waals surface area contributed by atoms with Crippen LogP contribution in [0.25, 0.3) is 0 Å². The molecule has 1 aromatic heterocycles. The number of amides is 1. The molecule has 2 aromatic rings. The van der Waals surface area contributed by atoms with E-state index in [0.29, 0.717) is 31.3 Å². The third kappa shape index (κ3) is 4.00. The quantitative estimate of drug-likeness (QED) is 0.833. The number of fused-ring (bicyclic) bond motifs is 1. The van der Waals surface area contributed by atoms with Crippen LogP contribution in [-0.4, -0.2) is 64.7 Å². The highest BCUT2D eigenvalue weighted by Gasteiger charge is 2.34. The Morgan fingerprint density at radius 1 is 1.13 bits per heavy atom. The average molecular weight is 409 g/mol. The van der Waals surface area contributed by atoms with Crippen molar-refractivity contribution in [3.05, 3.63) is 53.7 Å². The largest absolute Gasteiger partial charge is 0.484 e. The Morgan fingerprint density at radius 2 is 1.90 bits per heavy atom. The lowest BCUT2D eigenvalue weighted by Crippen LogP contribution is -2.56. The number of rotatable bonds is 4. The predicted molar refractivity (Wildman–Crippen MR) is 110 cm³/mol. The molecule has 0 aliphatic carbocycles. The number of aromatic nitrogens is 1. The van der Waals surface area contributed by atoms with Crippen molar-refractivity contribution in [2.24, 2.45) is 5.92 Å². The van der Waals surface area contributed by atoms with Crippen LogP contribution in [0.15, 0.2) is 42.6 Å². The lowest BCUT2D eigenvalue weighted by Gasteiger charge is -2.40. The molecule has 30 heavy (non-hydrogen) atoms. The lowest BCUT2D eigenvalue weighted by molar-refractivity contribution is -0.147. The summed E-state index contributed by atoms with van der Waals surface area (Å²) in [6.07, 6.45) is 3.01. The number of likely N-dealkylation sites (tertiary alicyclic amines) is 2. The topological polar surface area (TPSA) is 75.1 Å². The van der Waals surface area contributed by atoms with Crippen molar-refractivity contribution in [3.63, 3.8) is 0 Å². The number of piperidine rings is 1. The maximum Gasteiger partial charge on any atom is 0.257 e. The fourth-order valence-electron chi connectivity index (χ4n) is 4.40. The van der Waals surface area contributed by atoms with Crippen LogP contribution < -0.4 is 9.47 Å². The summed E-state index contributed by atoms with van der Waals surface area (Å²) in [5, 5.41) is 9.40. The maximum absolute atomic E-state index is 12.4. The van der Waals surface area contributed by atoms with Gasteiger partial charge in [-0.15, -0.1) is 0 Å². The second-order valence-corrected chi connectivity index (χ2v) is 8.41. The summed E-state index contributed by atoms with van der Waals surface area (Å²) in [7, 11) is 0. The Balaban J connectivity index is 1.12. The van der Waals surface area contributed by atoms with Gasteiger partial charge < -0.3 is 19.5 Å². The molecule has 2 fully saturated rings. The van der Waals surface area contributed by atoms with Crippen molar-refractivity contribution in [3.8, 4) is 11.6 Å². The average Bonchev–Trinajstić information content (AvgIpc) is 2.77. The van der Waals surface area contributed by atoms with E-state index >= 15 is 0 Å². The summed E-state index contributed by atoms with van der Waals surface area (Å²) in [6, 6.07) is 12.2. The molecule has 2 saturated heterocycles. The van der Waals surface area contributed by atoms with Gasteiger partial charge in [0, 0.05) is 31.7 Å². The van der Waals surface area contributed by atoms with Gasteiger partial charge in [-0.2, -0.15) is 0 Å². The van der Waals surface area contributed by atoms with Crippen LogP contribution in [0.5, 0.6) is 11.6 Å².